The molecule has 0 amide bonds. The molecule has 7 heteroatoms. The van der Waals surface area contributed by atoms with Crippen molar-refractivity contribution < 1.29 is 4.74 Å². The fraction of sp³-hybridized carbons (Fsp3) is 0.333. The molecular formula is C15H16Cl2N4O. The summed E-state index contributed by atoms with van der Waals surface area (Å²) in [5, 5.41) is 12.1. The van der Waals surface area contributed by atoms with Gasteiger partial charge in [0.1, 0.15) is 5.15 Å². The molecule has 0 aliphatic carbocycles. The fourth-order valence-corrected chi connectivity index (χ4v) is 2.75. The van der Waals surface area contributed by atoms with E-state index < -0.39 is 0 Å². The quantitative estimate of drug-likeness (QED) is 0.807. The van der Waals surface area contributed by atoms with E-state index in [-0.39, 0.29) is 0 Å². The van der Waals surface area contributed by atoms with Crippen molar-refractivity contribution in [2.24, 2.45) is 5.10 Å². The van der Waals surface area contributed by atoms with E-state index in [1.807, 2.05) is 36.2 Å². The molecule has 0 bridgehead atoms. The van der Waals surface area contributed by atoms with Crippen molar-refractivity contribution in [1.29, 1.82) is 0 Å². The molecule has 2 aromatic rings. The van der Waals surface area contributed by atoms with Gasteiger partial charge in [0.2, 0.25) is 0 Å². The summed E-state index contributed by atoms with van der Waals surface area (Å²) in [4.78, 5) is 0. The minimum atomic E-state index is 0.525. The summed E-state index contributed by atoms with van der Waals surface area (Å²) in [6.45, 7) is 4.89. The van der Waals surface area contributed by atoms with Crippen LogP contribution in [0.5, 0.6) is 0 Å². The lowest BCUT2D eigenvalue weighted by molar-refractivity contribution is 0.0397. The number of rotatable bonds is 3. The summed E-state index contributed by atoms with van der Waals surface area (Å²) >= 11 is 12.5. The summed E-state index contributed by atoms with van der Waals surface area (Å²) in [6, 6.07) is 7.42. The molecule has 0 saturated carbocycles. The highest BCUT2D eigenvalue weighted by Crippen LogP contribution is 2.23. The molecule has 116 valence electrons. The molecule has 0 atom stereocenters. The lowest BCUT2D eigenvalue weighted by atomic mass is 10.3. The van der Waals surface area contributed by atoms with E-state index in [9.17, 15) is 0 Å². The Kier molecular flexibility index (Phi) is 4.66. The van der Waals surface area contributed by atoms with Crippen LogP contribution in [0.3, 0.4) is 0 Å². The number of benzene rings is 1. The van der Waals surface area contributed by atoms with Gasteiger partial charge in [0.05, 0.1) is 49.5 Å². The van der Waals surface area contributed by atoms with Crippen molar-refractivity contribution in [3.63, 3.8) is 0 Å². The van der Waals surface area contributed by atoms with Crippen LogP contribution >= 0.6 is 23.2 Å². The zero-order valence-corrected chi connectivity index (χ0v) is 13.7. The largest absolute Gasteiger partial charge is 0.378 e. The number of aryl methyl sites for hydroxylation is 1. The van der Waals surface area contributed by atoms with E-state index in [1.165, 1.54) is 0 Å². The van der Waals surface area contributed by atoms with E-state index in [1.54, 1.807) is 10.9 Å². The van der Waals surface area contributed by atoms with Gasteiger partial charge < -0.3 is 4.74 Å². The molecule has 1 aliphatic heterocycles. The van der Waals surface area contributed by atoms with Gasteiger partial charge in [-0.3, -0.25) is 5.01 Å². The van der Waals surface area contributed by atoms with Gasteiger partial charge in [0.15, 0.2) is 0 Å². The zero-order chi connectivity index (χ0) is 15.5. The highest BCUT2D eigenvalue weighted by Gasteiger charge is 2.14. The Morgan fingerprint density at radius 3 is 2.77 bits per heavy atom. The Morgan fingerprint density at radius 2 is 2.05 bits per heavy atom. The van der Waals surface area contributed by atoms with Crippen LogP contribution in [0, 0.1) is 6.92 Å². The molecule has 1 aliphatic rings. The standard InChI is InChI=1S/C15H16Cl2N4O/c1-11-14(10-18-20-5-7-22-8-6-20)15(17)21(19-11)13-4-2-3-12(16)9-13/h2-4,9-10H,5-8H2,1H3/b18-10-. The molecule has 2 heterocycles. The van der Waals surface area contributed by atoms with Gasteiger partial charge in [-0.2, -0.15) is 10.2 Å². The van der Waals surface area contributed by atoms with Crippen molar-refractivity contribution in [1.82, 2.24) is 14.8 Å². The van der Waals surface area contributed by atoms with Crippen LogP contribution in [0.1, 0.15) is 11.3 Å². The normalized spacial score (nSPS) is 15.7. The lowest BCUT2D eigenvalue weighted by Gasteiger charge is -2.23. The van der Waals surface area contributed by atoms with Crippen molar-refractivity contribution in [2.45, 2.75) is 6.92 Å². The molecule has 3 rings (SSSR count). The average molecular weight is 339 g/mol. The topological polar surface area (TPSA) is 42.7 Å². The van der Waals surface area contributed by atoms with Crippen LogP contribution in [0.15, 0.2) is 29.4 Å². The maximum absolute atomic E-state index is 6.46. The van der Waals surface area contributed by atoms with E-state index in [2.05, 4.69) is 10.2 Å². The maximum atomic E-state index is 6.46. The fourth-order valence-electron chi connectivity index (χ4n) is 2.25. The summed E-state index contributed by atoms with van der Waals surface area (Å²) in [7, 11) is 0. The van der Waals surface area contributed by atoms with Gasteiger partial charge >= 0.3 is 0 Å². The van der Waals surface area contributed by atoms with Gasteiger partial charge in [0, 0.05) is 5.02 Å². The molecule has 1 saturated heterocycles. The van der Waals surface area contributed by atoms with Gasteiger partial charge in [-0.25, -0.2) is 4.68 Å². The molecule has 1 aromatic heterocycles. The Balaban J connectivity index is 1.88. The van der Waals surface area contributed by atoms with Crippen LogP contribution in [-0.4, -0.2) is 47.3 Å². The number of nitrogens with zero attached hydrogens (tertiary/aromatic N) is 4. The molecule has 0 N–H and O–H groups in total. The molecule has 1 fully saturated rings. The van der Waals surface area contributed by atoms with E-state index in [0.717, 1.165) is 30.0 Å². The minimum absolute atomic E-state index is 0.525. The Labute approximate surface area is 139 Å². The van der Waals surface area contributed by atoms with Crippen molar-refractivity contribution in [3.05, 3.63) is 45.7 Å². The van der Waals surface area contributed by atoms with Crippen LogP contribution in [0.2, 0.25) is 10.2 Å². The predicted molar refractivity (Wildman–Crippen MR) is 88.3 cm³/mol. The number of hydrogen-bond donors (Lipinski definition) is 0. The smallest absolute Gasteiger partial charge is 0.142 e. The van der Waals surface area contributed by atoms with E-state index in [4.69, 9.17) is 27.9 Å². The summed E-state index contributed by atoms with van der Waals surface area (Å²) < 4.78 is 6.97. The van der Waals surface area contributed by atoms with Crippen molar-refractivity contribution in [2.75, 3.05) is 26.3 Å². The second-order valence-electron chi connectivity index (χ2n) is 4.99. The summed E-state index contributed by atoms with van der Waals surface area (Å²) in [6.07, 6.45) is 1.76. The first-order chi connectivity index (χ1) is 10.6. The van der Waals surface area contributed by atoms with Crippen LogP contribution < -0.4 is 0 Å². The third-order valence-electron chi connectivity index (χ3n) is 3.44. The number of hydrogen-bond acceptors (Lipinski definition) is 4. The van der Waals surface area contributed by atoms with Crippen molar-refractivity contribution >= 4 is 29.4 Å². The van der Waals surface area contributed by atoms with Gasteiger partial charge in [-0.05, 0) is 25.1 Å². The molecule has 22 heavy (non-hydrogen) atoms. The predicted octanol–water partition coefficient (Wildman–Crippen LogP) is 3.15. The maximum Gasteiger partial charge on any atom is 0.142 e. The van der Waals surface area contributed by atoms with Crippen molar-refractivity contribution in [3.8, 4) is 5.69 Å². The molecule has 0 spiro atoms. The van der Waals surface area contributed by atoms with Gasteiger partial charge in [-0.15, -0.1) is 0 Å². The molecular weight excluding hydrogens is 323 g/mol. The van der Waals surface area contributed by atoms with Crippen LogP contribution in [-0.2, 0) is 4.74 Å². The first kappa shape index (κ1) is 15.3. The Morgan fingerprint density at radius 1 is 1.27 bits per heavy atom. The summed E-state index contributed by atoms with van der Waals surface area (Å²) in [5.41, 5.74) is 2.46. The van der Waals surface area contributed by atoms with Crippen LogP contribution in [0.25, 0.3) is 5.69 Å². The van der Waals surface area contributed by atoms with Gasteiger partial charge in [-0.1, -0.05) is 29.3 Å². The molecule has 0 radical (unpaired) electrons. The highest BCUT2D eigenvalue weighted by molar-refractivity contribution is 6.32. The first-order valence-electron chi connectivity index (χ1n) is 7.03. The minimum Gasteiger partial charge on any atom is -0.378 e. The lowest BCUT2D eigenvalue weighted by Crippen LogP contribution is -2.32. The monoisotopic (exact) mass is 338 g/mol. The second kappa shape index (κ2) is 6.69. The molecule has 1 aromatic carbocycles. The second-order valence-corrected chi connectivity index (χ2v) is 5.79. The zero-order valence-electron chi connectivity index (χ0n) is 12.2. The highest BCUT2D eigenvalue weighted by atomic mass is 35.5. The third-order valence-corrected chi connectivity index (χ3v) is 4.04. The Hall–Kier alpha value is -1.56. The molecule has 5 nitrogen and oxygen atoms in total. The first-order valence-corrected chi connectivity index (χ1v) is 7.78. The number of ether oxygens (including phenoxy) is 1. The SMILES string of the molecule is Cc1nn(-c2cccc(Cl)c2)c(Cl)c1/C=N\N1CCOCC1. The van der Waals surface area contributed by atoms with Crippen LogP contribution in [0.4, 0.5) is 0 Å². The number of morpholine rings is 1. The number of hydrazone groups is 1. The average Bonchev–Trinajstić information content (AvgIpc) is 2.81. The number of aromatic nitrogens is 2. The Bertz CT molecular complexity index is 693. The summed E-state index contributed by atoms with van der Waals surface area (Å²) in [5.74, 6) is 0. The third kappa shape index (κ3) is 3.27. The molecule has 0 unspecified atom stereocenters. The number of halogens is 2. The van der Waals surface area contributed by atoms with Gasteiger partial charge in [0.25, 0.3) is 0 Å². The van der Waals surface area contributed by atoms with E-state index in [0.29, 0.717) is 23.4 Å². The van der Waals surface area contributed by atoms with E-state index >= 15 is 0 Å².